The first-order valence-corrected chi connectivity index (χ1v) is 16.6. The molecule has 48 heavy (non-hydrogen) atoms. The van der Waals surface area contributed by atoms with Crippen molar-refractivity contribution < 1.29 is 0 Å². The van der Waals surface area contributed by atoms with E-state index in [0.29, 0.717) is 0 Å². The molecule has 0 aliphatic rings. The van der Waals surface area contributed by atoms with E-state index in [9.17, 15) is 0 Å². The Balaban J connectivity index is 1.23. The van der Waals surface area contributed by atoms with Crippen LogP contribution in [0.1, 0.15) is 0 Å². The average molecular weight is 609 g/mol. The monoisotopic (exact) mass is 608 g/mol. The molecule has 0 heteroatoms. The quantitative estimate of drug-likeness (QED) is 0.171. The summed E-state index contributed by atoms with van der Waals surface area (Å²) < 4.78 is 0. The first-order chi connectivity index (χ1) is 23.8. The molecule has 0 spiro atoms. The molecule has 224 valence electrons. The van der Waals surface area contributed by atoms with Gasteiger partial charge in [0.1, 0.15) is 0 Å². The highest BCUT2D eigenvalue weighted by molar-refractivity contribution is 6.22. The fourth-order valence-corrected chi connectivity index (χ4v) is 7.38. The van der Waals surface area contributed by atoms with Crippen molar-refractivity contribution in [1.82, 2.24) is 0 Å². The highest BCUT2D eigenvalue weighted by Crippen LogP contribution is 2.46. The summed E-state index contributed by atoms with van der Waals surface area (Å²) in [6.45, 7) is 0. The molecule has 0 saturated heterocycles. The zero-order valence-electron chi connectivity index (χ0n) is 26.5. The molecule has 0 bridgehead atoms. The van der Waals surface area contributed by atoms with E-state index >= 15 is 0 Å². The SMILES string of the molecule is c1ccc(-c2ccc(-c3cccc(-c4c5ccccc5c(-c5ccccc5-c5ccc6ccccc6c5)c5ccccc45)c3)cc2)cc1. The Labute approximate surface area is 281 Å². The minimum absolute atomic E-state index is 1.21. The second kappa shape index (κ2) is 11.8. The van der Waals surface area contributed by atoms with Crippen LogP contribution in [0.5, 0.6) is 0 Å². The lowest BCUT2D eigenvalue weighted by molar-refractivity contribution is 1.58. The molecule has 9 aromatic rings. The van der Waals surface area contributed by atoms with E-state index in [4.69, 9.17) is 0 Å². The van der Waals surface area contributed by atoms with E-state index in [2.05, 4.69) is 194 Å². The highest BCUT2D eigenvalue weighted by atomic mass is 14.2. The van der Waals surface area contributed by atoms with Crippen molar-refractivity contribution in [2.24, 2.45) is 0 Å². The summed E-state index contributed by atoms with van der Waals surface area (Å²) >= 11 is 0. The number of fused-ring (bicyclic) bond motifs is 3. The van der Waals surface area contributed by atoms with Crippen LogP contribution in [-0.2, 0) is 0 Å². The number of hydrogen-bond donors (Lipinski definition) is 0. The third kappa shape index (κ3) is 4.87. The molecule has 0 fully saturated rings. The van der Waals surface area contributed by atoms with Crippen LogP contribution in [0.2, 0.25) is 0 Å². The van der Waals surface area contributed by atoms with E-state index in [1.165, 1.54) is 88.0 Å². The molecule has 0 aromatic heterocycles. The Morgan fingerprint density at radius 3 is 1.35 bits per heavy atom. The predicted octanol–water partition coefficient (Wildman–Crippen LogP) is 13.5. The minimum Gasteiger partial charge on any atom is -0.0622 e. The Morgan fingerprint density at radius 2 is 0.667 bits per heavy atom. The second-order valence-corrected chi connectivity index (χ2v) is 12.5. The Kier molecular flexibility index (Phi) is 6.91. The van der Waals surface area contributed by atoms with Crippen LogP contribution in [0.15, 0.2) is 194 Å². The van der Waals surface area contributed by atoms with Gasteiger partial charge in [-0.25, -0.2) is 0 Å². The number of rotatable bonds is 5. The molecule has 0 nitrogen and oxygen atoms in total. The van der Waals surface area contributed by atoms with Gasteiger partial charge < -0.3 is 0 Å². The molecule has 0 aliphatic carbocycles. The summed E-state index contributed by atoms with van der Waals surface area (Å²) in [5.74, 6) is 0. The van der Waals surface area contributed by atoms with Crippen molar-refractivity contribution in [1.29, 1.82) is 0 Å². The van der Waals surface area contributed by atoms with Crippen molar-refractivity contribution in [3.8, 4) is 55.6 Å². The third-order valence-corrected chi connectivity index (χ3v) is 9.66. The maximum absolute atomic E-state index is 2.36. The maximum Gasteiger partial charge on any atom is -0.00201 e. The average Bonchev–Trinajstić information content (AvgIpc) is 3.17. The van der Waals surface area contributed by atoms with Crippen molar-refractivity contribution >= 4 is 32.3 Å². The summed E-state index contributed by atoms with van der Waals surface area (Å²) in [6.07, 6.45) is 0. The Morgan fingerprint density at radius 1 is 0.208 bits per heavy atom. The summed E-state index contributed by atoms with van der Waals surface area (Å²) in [7, 11) is 0. The summed E-state index contributed by atoms with van der Waals surface area (Å²) in [5.41, 5.74) is 12.4. The van der Waals surface area contributed by atoms with Gasteiger partial charge in [0.25, 0.3) is 0 Å². The van der Waals surface area contributed by atoms with Crippen LogP contribution in [0.3, 0.4) is 0 Å². The Bertz CT molecular complexity index is 2530. The third-order valence-electron chi connectivity index (χ3n) is 9.66. The van der Waals surface area contributed by atoms with E-state index in [1.807, 2.05) is 0 Å². The van der Waals surface area contributed by atoms with Crippen LogP contribution >= 0.6 is 0 Å². The molecular formula is C48H32. The van der Waals surface area contributed by atoms with Gasteiger partial charge in [0.2, 0.25) is 0 Å². The highest BCUT2D eigenvalue weighted by Gasteiger charge is 2.19. The summed E-state index contributed by atoms with van der Waals surface area (Å²) in [4.78, 5) is 0. The van der Waals surface area contributed by atoms with Gasteiger partial charge in [-0.3, -0.25) is 0 Å². The van der Waals surface area contributed by atoms with E-state index in [0.717, 1.165) is 0 Å². The minimum atomic E-state index is 1.21. The van der Waals surface area contributed by atoms with Gasteiger partial charge in [0, 0.05) is 0 Å². The molecule has 0 heterocycles. The Hall–Kier alpha value is -6.24. The van der Waals surface area contributed by atoms with Gasteiger partial charge in [0.15, 0.2) is 0 Å². The number of hydrogen-bond acceptors (Lipinski definition) is 0. The molecule has 0 amide bonds. The number of benzene rings is 9. The topological polar surface area (TPSA) is 0 Å². The lowest BCUT2D eigenvalue weighted by Crippen LogP contribution is -1.93. The maximum atomic E-state index is 2.36. The van der Waals surface area contributed by atoms with Crippen LogP contribution in [-0.4, -0.2) is 0 Å². The predicted molar refractivity (Wildman–Crippen MR) is 206 cm³/mol. The van der Waals surface area contributed by atoms with Crippen molar-refractivity contribution in [2.45, 2.75) is 0 Å². The normalized spacial score (nSPS) is 11.3. The standard InChI is InChI=1S/C48H32/c1-2-13-33(14-3-1)35-25-27-36(28-26-35)38-17-12-18-40(32-38)47-43-21-8-10-23-45(43)48(46-24-11-9-22-44(46)47)42-20-7-6-19-41(42)39-30-29-34-15-4-5-16-37(34)31-39/h1-32H. The smallest absolute Gasteiger partial charge is 0.00201 e. The largest absolute Gasteiger partial charge is 0.0622 e. The molecule has 0 saturated carbocycles. The van der Waals surface area contributed by atoms with Crippen LogP contribution < -0.4 is 0 Å². The second-order valence-electron chi connectivity index (χ2n) is 12.5. The first-order valence-electron chi connectivity index (χ1n) is 16.6. The molecule has 0 N–H and O–H groups in total. The fourth-order valence-electron chi connectivity index (χ4n) is 7.38. The lowest BCUT2D eigenvalue weighted by Gasteiger charge is -2.20. The zero-order chi connectivity index (χ0) is 31.9. The lowest BCUT2D eigenvalue weighted by atomic mass is 9.83. The van der Waals surface area contributed by atoms with Crippen molar-refractivity contribution in [3.63, 3.8) is 0 Å². The molecular weight excluding hydrogens is 577 g/mol. The van der Waals surface area contributed by atoms with E-state index in [1.54, 1.807) is 0 Å². The van der Waals surface area contributed by atoms with Crippen LogP contribution in [0.25, 0.3) is 88.0 Å². The van der Waals surface area contributed by atoms with E-state index in [-0.39, 0.29) is 0 Å². The van der Waals surface area contributed by atoms with Gasteiger partial charge >= 0.3 is 0 Å². The van der Waals surface area contributed by atoms with Gasteiger partial charge in [-0.2, -0.15) is 0 Å². The first kappa shape index (κ1) is 28.0. The van der Waals surface area contributed by atoms with Gasteiger partial charge in [-0.1, -0.05) is 182 Å². The van der Waals surface area contributed by atoms with E-state index < -0.39 is 0 Å². The summed E-state index contributed by atoms with van der Waals surface area (Å²) in [6, 6.07) is 70.7. The molecule has 9 rings (SSSR count). The van der Waals surface area contributed by atoms with Gasteiger partial charge in [-0.05, 0) is 100 Å². The molecule has 9 aromatic carbocycles. The van der Waals surface area contributed by atoms with Crippen molar-refractivity contribution in [2.75, 3.05) is 0 Å². The van der Waals surface area contributed by atoms with Gasteiger partial charge in [-0.15, -0.1) is 0 Å². The van der Waals surface area contributed by atoms with Crippen LogP contribution in [0.4, 0.5) is 0 Å². The summed E-state index contributed by atoms with van der Waals surface area (Å²) in [5, 5.41) is 7.55. The molecule has 0 unspecified atom stereocenters. The zero-order valence-corrected chi connectivity index (χ0v) is 26.5. The van der Waals surface area contributed by atoms with Crippen molar-refractivity contribution in [3.05, 3.63) is 194 Å². The van der Waals surface area contributed by atoms with Crippen LogP contribution in [0, 0.1) is 0 Å². The molecule has 0 aliphatic heterocycles. The fraction of sp³-hybridized carbons (Fsp3) is 0. The van der Waals surface area contributed by atoms with Gasteiger partial charge in [0.05, 0.1) is 0 Å². The molecule has 0 atom stereocenters. The molecule has 0 radical (unpaired) electrons.